The average molecular weight is 247 g/mol. The fourth-order valence-corrected chi connectivity index (χ4v) is 1.92. The smallest absolute Gasteiger partial charge is 0.162 e. The molecule has 1 saturated heterocycles. The second-order valence-corrected chi connectivity index (χ2v) is 4.14. The van der Waals surface area contributed by atoms with E-state index in [4.69, 9.17) is 19.5 Å². The lowest BCUT2D eigenvalue weighted by molar-refractivity contribution is 0.0243. The second-order valence-electron chi connectivity index (χ2n) is 4.14. The Labute approximate surface area is 107 Å². The Morgan fingerprint density at radius 1 is 1.33 bits per heavy atom. The standard InChI is InChI=1S/C14H17NO3/c1-2-17-14-9-11(10-15)3-4-13(14)18-12-5-7-16-8-6-12/h3-4,9,12H,2,5-8H2,1H3. The van der Waals surface area contributed by atoms with Gasteiger partial charge in [0.1, 0.15) is 6.10 Å². The molecule has 0 atom stereocenters. The molecule has 96 valence electrons. The summed E-state index contributed by atoms with van der Waals surface area (Å²) in [5.74, 6) is 1.35. The molecule has 4 nitrogen and oxygen atoms in total. The molecular weight excluding hydrogens is 230 g/mol. The zero-order chi connectivity index (χ0) is 12.8. The molecule has 0 radical (unpaired) electrons. The Balaban J connectivity index is 2.12. The summed E-state index contributed by atoms with van der Waals surface area (Å²) in [5.41, 5.74) is 0.581. The summed E-state index contributed by atoms with van der Waals surface area (Å²) >= 11 is 0. The normalized spacial score (nSPS) is 16.0. The summed E-state index contributed by atoms with van der Waals surface area (Å²) in [6.07, 6.45) is 1.96. The van der Waals surface area contributed by atoms with Crippen LogP contribution in [0.25, 0.3) is 0 Å². The molecule has 1 aromatic carbocycles. The minimum absolute atomic E-state index is 0.172. The Kier molecular flexibility index (Phi) is 4.43. The average Bonchev–Trinajstić information content (AvgIpc) is 2.42. The molecule has 0 bridgehead atoms. The van der Waals surface area contributed by atoms with Crippen molar-refractivity contribution in [2.24, 2.45) is 0 Å². The van der Waals surface area contributed by atoms with Crippen LogP contribution in [0.1, 0.15) is 25.3 Å². The molecule has 1 aromatic rings. The SMILES string of the molecule is CCOc1cc(C#N)ccc1OC1CCOCC1. The van der Waals surface area contributed by atoms with Gasteiger partial charge in [-0.1, -0.05) is 0 Å². The van der Waals surface area contributed by atoms with Gasteiger partial charge in [-0.25, -0.2) is 0 Å². The highest BCUT2D eigenvalue weighted by Crippen LogP contribution is 2.30. The van der Waals surface area contributed by atoms with Crippen molar-refractivity contribution in [2.45, 2.75) is 25.9 Å². The minimum Gasteiger partial charge on any atom is -0.490 e. The molecule has 0 amide bonds. The number of benzene rings is 1. The molecule has 1 heterocycles. The van der Waals surface area contributed by atoms with Crippen LogP contribution in [0.4, 0.5) is 0 Å². The van der Waals surface area contributed by atoms with Crippen LogP contribution in [-0.2, 0) is 4.74 Å². The van der Waals surface area contributed by atoms with Crippen molar-refractivity contribution in [2.75, 3.05) is 19.8 Å². The van der Waals surface area contributed by atoms with E-state index >= 15 is 0 Å². The number of hydrogen-bond acceptors (Lipinski definition) is 4. The fourth-order valence-electron chi connectivity index (χ4n) is 1.92. The predicted octanol–water partition coefficient (Wildman–Crippen LogP) is 2.51. The van der Waals surface area contributed by atoms with Gasteiger partial charge in [-0.3, -0.25) is 0 Å². The van der Waals surface area contributed by atoms with Gasteiger partial charge < -0.3 is 14.2 Å². The van der Waals surface area contributed by atoms with Crippen LogP contribution in [0.2, 0.25) is 0 Å². The van der Waals surface area contributed by atoms with Gasteiger partial charge in [0.2, 0.25) is 0 Å². The van der Waals surface area contributed by atoms with Crippen LogP contribution >= 0.6 is 0 Å². The number of nitrogens with zero attached hydrogens (tertiary/aromatic N) is 1. The molecular formula is C14H17NO3. The third-order valence-electron chi connectivity index (χ3n) is 2.83. The van der Waals surface area contributed by atoms with Crippen molar-refractivity contribution < 1.29 is 14.2 Å². The number of hydrogen-bond donors (Lipinski definition) is 0. The Morgan fingerprint density at radius 2 is 2.11 bits per heavy atom. The minimum atomic E-state index is 0.172. The van der Waals surface area contributed by atoms with E-state index in [9.17, 15) is 0 Å². The molecule has 0 saturated carbocycles. The van der Waals surface area contributed by atoms with Gasteiger partial charge in [-0.05, 0) is 19.1 Å². The maximum absolute atomic E-state index is 8.88. The van der Waals surface area contributed by atoms with Gasteiger partial charge in [0.25, 0.3) is 0 Å². The third-order valence-corrected chi connectivity index (χ3v) is 2.83. The van der Waals surface area contributed by atoms with E-state index in [1.54, 1.807) is 18.2 Å². The number of ether oxygens (including phenoxy) is 3. The quantitative estimate of drug-likeness (QED) is 0.820. The Morgan fingerprint density at radius 3 is 2.78 bits per heavy atom. The van der Waals surface area contributed by atoms with Crippen molar-refractivity contribution in [3.63, 3.8) is 0 Å². The zero-order valence-corrected chi connectivity index (χ0v) is 10.5. The summed E-state index contributed by atoms with van der Waals surface area (Å²) in [4.78, 5) is 0. The summed E-state index contributed by atoms with van der Waals surface area (Å²) in [6, 6.07) is 7.37. The molecule has 0 N–H and O–H groups in total. The van der Waals surface area contributed by atoms with E-state index in [1.165, 1.54) is 0 Å². The second kappa shape index (κ2) is 6.27. The maximum Gasteiger partial charge on any atom is 0.162 e. The van der Waals surface area contributed by atoms with Crippen LogP contribution in [0.15, 0.2) is 18.2 Å². The van der Waals surface area contributed by atoms with Gasteiger partial charge >= 0.3 is 0 Å². The van der Waals surface area contributed by atoms with Crippen LogP contribution in [0, 0.1) is 11.3 Å². The molecule has 1 aliphatic heterocycles. The van der Waals surface area contributed by atoms with Gasteiger partial charge in [0.15, 0.2) is 11.5 Å². The molecule has 0 aliphatic carbocycles. The van der Waals surface area contributed by atoms with E-state index in [0.29, 0.717) is 23.7 Å². The maximum atomic E-state index is 8.88. The first-order chi connectivity index (χ1) is 8.83. The molecule has 2 rings (SSSR count). The van der Waals surface area contributed by atoms with Gasteiger partial charge in [0, 0.05) is 18.9 Å². The highest BCUT2D eigenvalue weighted by Gasteiger charge is 2.17. The van der Waals surface area contributed by atoms with Gasteiger partial charge in [-0.2, -0.15) is 5.26 Å². The van der Waals surface area contributed by atoms with Crippen LogP contribution in [0.5, 0.6) is 11.5 Å². The molecule has 4 heteroatoms. The number of nitriles is 1. The number of rotatable bonds is 4. The first kappa shape index (κ1) is 12.7. The van der Waals surface area contributed by atoms with Crippen molar-refractivity contribution in [1.29, 1.82) is 5.26 Å². The van der Waals surface area contributed by atoms with Crippen molar-refractivity contribution >= 4 is 0 Å². The first-order valence-corrected chi connectivity index (χ1v) is 6.25. The van der Waals surface area contributed by atoms with E-state index in [0.717, 1.165) is 26.1 Å². The lowest BCUT2D eigenvalue weighted by Crippen LogP contribution is -2.26. The molecule has 1 fully saturated rings. The molecule has 0 aromatic heterocycles. The first-order valence-electron chi connectivity index (χ1n) is 6.25. The predicted molar refractivity (Wildman–Crippen MR) is 66.8 cm³/mol. The van der Waals surface area contributed by atoms with E-state index < -0.39 is 0 Å². The lowest BCUT2D eigenvalue weighted by Gasteiger charge is -2.24. The summed E-state index contributed by atoms with van der Waals surface area (Å²) in [5, 5.41) is 8.88. The molecule has 18 heavy (non-hydrogen) atoms. The lowest BCUT2D eigenvalue weighted by atomic mass is 10.1. The van der Waals surface area contributed by atoms with Gasteiger partial charge in [0.05, 0.1) is 31.5 Å². The monoisotopic (exact) mass is 247 g/mol. The van der Waals surface area contributed by atoms with Gasteiger partial charge in [-0.15, -0.1) is 0 Å². The summed E-state index contributed by atoms with van der Waals surface area (Å²) < 4.78 is 16.7. The summed E-state index contributed by atoms with van der Waals surface area (Å²) in [6.45, 7) is 3.95. The van der Waals surface area contributed by atoms with Crippen LogP contribution in [0.3, 0.4) is 0 Å². The zero-order valence-electron chi connectivity index (χ0n) is 10.5. The van der Waals surface area contributed by atoms with Crippen molar-refractivity contribution in [1.82, 2.24) is 0 Å². The van der Waals surface area contributed by atoms with E-state index in [2.05, 4.69) is 6.07 Å². The van der Waals surface area contributed by atoms with Crippen molar-refractivity contribution in [3.05, 3.63) is 23.8 Å². The van der Waals surface area contributed by atoms with Crippen LogP contribution < -0.4 is 9.47 Å². The van der Waals surface area contributed by atoms with Crippen LogP contribution in [-0.4, -0.2) is 25.9 Å². The summed E-state index contributed by atoms with van der Waals surface area (Å²) in [7, 11) is 0. The topological polar surface area (TPSA) is 51.5 Å². The highest BCUT2D eigenvalue weighted by molar-refractivity contribution is 5.46. The Bertz CT molecular complexity index is 433. The third kappa shape index (κ3) is 3.14. The molecule has 0 unspecified atom stereocenters. The molecule has 0 spiro atoms. The largest absolute Gasteiger partial charge is 0.490 e. The molecule has 1 aliphatic rings. The highest BCUT2D eigenvalue weighted by atomic mass is 16.5. The van der Waals surface area contributed by atoms with E-state index in [1.807, 2.05) is 6.92 Å². The van der Waals surface area contributed by atoms with Crippen molar-refractivity contribution in [3.8, 4) is 17.6 Å². The Hall–Kier alpha value is -1.73. The fraction of sp³-hybridized carbons (Fsp3) is 0.500. The van der Waals surface area contributed by atoms with E-state index in [-0.39, 0.29) is 6.10 Å².